The Bertz CT molecular complexity index is 415. The lowest BCUT2D eigenvalue weighted by Gasteiger charge is -2.45. The van der Waals surface area contributed by atoms with Crippen LogP contribution in [0.3, 0.4) is 0 Å². The Morgan fingerprint density at radius 2 is 0.750 bits per heavy atom. The predicted octanol–water partition coefficient (Wildman–Crippen LogP) is 5.00. The molecule has 166 valence electrons. The summed E-state index contributed by atoms with van der Waals surface area (Å²) in [7, 11) is 0. The van der Waals surface area contributed by atoms with Gasteiger partial charge in [-0.25, -0.2) is 0 Å². The molecular formula is C24H46O4. The van der Waals surface area contributed by atoms with Gasteiger partial charge < -0.3 is 20.4 Å². The molecule has 2 rings (SSSR count). The summed E-state index contributed by atoms with van der Waals surface area (Å²) >= 11 is 0. The van der Waals surface area contributed by atoms with Gasteiger partial charge in [0, 0.05) is 0 Å². The number of rotatable bonds is 1. The topological polar surface area (TPSA) is 80.9 Å². The van der Waals surface area contributed by atoms with Crippen LogP contribution in [0.2, 0.25) is 0 Å². The molecule has 2 aliphatic carbocycles. The quantitative estimate of drug-likeness (QED) is 0.501. The highest BCUT2D eigenvalue weighted by Crippen LogP contribution is 2.41. The first-order valence-electron chi connectivity index (χ1n) is 12.3. The minimum absolute atomic E-state index is 0.281. The van der Waals surface area contributed by atoms with Crippen LogP contribution in [0.25, 0.3) is 0 Å². The van der Waals surface area contributed by atoms with Crippen LogP contribution in [-0.4, -0.2) is 43.8 Å². The van der Waals surface area contributed by atoms with E-state index in [0.29, 0.717) is 38.5 Å². The Kier molecular flexibility index (Phi) is 10.8. The second-order valence-electron chi connectivity index (χ2n) is 9.77. The van der Waals surface area contributed by atoms with Crippen LogP contribution < -0.4 is 0 Å². The summed E-state index contributed by atoms with van der Waals surface area (Å²) in [5, 5.41) is 44.0. The van der Waals surface area contributed by atoms with Crippen LogP contribution in [0.4, 0.5) is 0 Å². The molecule has 0 aromatic carbocycles. The summed E-state index contributed by atoms with van der Waals surface area (Å²) in [4.78, 5) is 0. The standard InChI is InChI=1S/C24H46O4/c25-21-13-8-5-3-7-10-17-23(27,19-12-15-21)24(28)18-11-6-2-1-4-9-14-22(26)16-20-24/h21-22,25-28H,1-20H2. The van der Waals surface area contributed by atoms with Gasteiger partial charge in [0.15, 0.2) is 0 Å². The van der Waals surface area contributed by atoms with E-state index in [9.17, 15) is 20.4 Å². The van der Waals surface area contributed by atoms with E-state index < -0.39 is 11.2 Å². The third-order valence-electron chi connectivity index (χ3n) is 7.39. The van der Waals surface area contributed by atoms with Gasteiger partial charge in [0.1, 0.15) is 0 Å². The summed E-state index contributed by atoms with van der Waals surface area (Å²) < 4.78 is 0. The fraction of sp³-hybridized carbons (Fsp3) is 1.00. The van der Waals surface area contributed by atoms with Gasteiger partial charge in [0.05, 0.1) is 23.4 Å². The zero-order valence-corrected chi connectivity index (χ0v) is 18.1. The normalized spacial score (nSPS) is 39.0. The molecule has 4 unspecified atom stereocenters. The summed E-state index contributed by atoms with van der Waals surface area (Å²) in [6, 6.07) is 0. The van der Waals surface area contributed by atoms with E-state index in [1.807, 2.05) is 0 Å². The third kappa shape index (κ3) is 7.93. The monoisotopic (exact) mass is 398 g/mol. The van der Waals surface area contributed by atoms with Crippen LogP contribution in [-0.2, 0) is 0 Å². The van der Waals surface area contributed by atoms with Gasteiger partial charge in [-0.05, 0) is 57.8 Å². The molecule has 2 aliphatic rings. The molecule has 0 spiro atoms. The first-order valence-corrected chi connectivity index (χ1v) is 12.3. The van der Waals surface area contributed by atoms with Gasteiger partial charge in [-0.15, -0.1) is 0 Å². The Morgan fingerprint density at radius 1 is 0.393 bits per heavy atom. The molecule has 0 aromatic rings. The molecule has 2 fully saturated rings. The van der Waals surface area contributed by atoms with Crippen molar-refractivity contribution in [1.82, 2.24) is 0 Å². The molecule has 4 nitrogen and oxygen atoms in total. The van der Waals surface area contributed by atoms with E-state index in [2.05, 4.69) is 0 Å². The lowest BCUT2D eigenvalue weighted by Crippen LogP contribution is -2.54. The van der Waals surface area contributed by atoms with Crippen LogP contribution in [0, 0.1) is 0 Å². The fourth-order valence-corrected chi connectivity index (χ4v) is 5.34. The van der Waals surface area contributed by atoms with Gasteiger partial charge in [-0.3, -0.25) is 0 Å². The van der Waals surface area contributed by atoms with E-state index in [1.165, 1.54) is 19.3 Å². The lowest BCUT2D eigenvalue weighted by molar-refractivity contribution is -0.174. The van der Waals surface area contributed by atoms with E-state index in [-0.39, 0.29) is 12.2 Å². The maximum absolute atomic E-state index is 11.7. The molecule has 0 bridgehead atoms. The third-order valence-corrected chi connectivity index (χ3v) is 7.39. The summed E-state index contributed by atoms with van der Waals surface area (Å²) in [6.07, 6.45) is 17.4. The molecule has 0 heterocycles. The van der Waals surface area contributed by atoms with E-state index in [1.54, 1.807) is 0 Å². The van der Waals surface area contributed by atoms with Crippen molar-refractivity contribution >= 4 is 0 Å². The SMILES string of the molecule is OC1CCCCCCCC(O)(C2(O)CCCCCCCCC(O)CC2)CCC1. The number of hydrogen-bond donors (Lipinski definition) is 4. The van der Waals surface area contributed by atoms with Crippen molar-refractivity contribution < 1.29 is 20.4 Å². The smallest absolute Gasteiger partial charge is 0.0934 e. The number of aliphatic hydroxyl groups excluding tert-OH is 2. The summed E-state index contributed by atoms with van der Waals surface area (Å²) in [5.41, 5.74) is -2.22. The minimum atomic E-state index is -1.12. The van der Waals surface area contributed by atoms with Crippen molar-refractivity contribution in [2.45, 2.75) is 152 Å². The van der Waals surface area contributed by atoms with Crippen molar-refractivity contribution in [3.8, 4) is 0 Å². The van der Waals surface area contributed by atoms with Gasteiger partial charge in [-0.2, -0.15) is 0 Å². The molecule has 4 atom stereocenters. The molecule has 0 radical (unpaired) electrons. The van der Waals surface area contributed by atoms with Crippen molar-refractivity contribution in [3.05, 3.63) is 0 Å². The van der Waals surface area contributed by atoms with Gasteiger partial charge >= 0.3 is 0 Å². The maximum Gasteiger partial charge on any atom is 0.0934 e. The fourth-order valence-electron chi connectivity index (χ4n) is 5.34. The van der Waals surface area contributed by atoms with Gasteiger partial charge in [0.25, 0.3) is 0 Å². The van der Waals surface area contributed by atoms with E-state index >= 15 is 0 Å². The summed E-state index contributed by atoms with van der Waals surface area (Å²) in [6.45, 7) is 0. The molecule has 0 aromatic heterocycles. The first-order chi connectivity index (χ1) is 13.5. The molecule has 0 aliphatic heterocycles. The largest absolute Gasteiger partial charge is 0.393 e. The van der Waals surface area contributed by atoms with Crippen LogP contribution >= 0.6 is 0 Å². The first kappa shape index (κ1) is 24.1. The zero-order valence-electron chi connectivity index (χ0n) is 18.1. The second-order valence-corrected chi connectivity index (χ2v) is 9.77. The number of hydrogen-bond acceptors (Lipinski definition) is 4. The Hall–Kier alpha value is -0.160. The summed E-state index contributed by atoms with van der Waals surface area (Å²) in [5.74, 6) is 0. The molecular weight excluding hydrogens is 352 g/mol. The zero-order chi connectivity index (χ0) is 20.3. The molecule has 4 heteroatoms. The minimum Gasteiger partial charge on any atom is -0.393 e. The highest BCUT2D eigenvalue weighted by atomic mass is 16.4. The molecule has 0 amide bonds. The van der Waals surface area contributed by atoms with Gasteiger partial charge in [-0.1, -0.05) is 70.6 Å². The Balaban J connectivity index is 2.10. The van der Waals surface area contributed by atoms with E-state index in [4.69, 9.17) is 0 Å². The van der Waals surface area contributed by atoms with Crippen molar-refractivity contribution in [2.75, 3.05) is 0 Å². The maximum atomic E-state index is 11.7. The predicted molar refractivity (Wildman–Crippen MR) is 114 cm³/mol. The highest BCUT2D eigenvalue weighted by Gasteiger charge is 2.47. The second kappa shape index (κ2) is 12.5. The van der Waals surface area contributed by atoms with E-state index in [0.717, 1.165) is 70.6 Å². The molecule has 4 N–H and O–H groups in total. The Morgan fingerprint density at radius 3 is 1.32 bits per heavy atom. The average molecular weight is 399 g/mol. The molecule has 28 heavy (non-hydrogen) atoms. The van der Waals surface area contributed by atoms with Crippen LogP contribution in [0.1, 0.15) is 128 Å². The van der Waals surface area contributed by atoms with Crippen molar-refractivity contribution in [2.24, 2.45) is 0 Å². The van der Waals surface area contributed by atoms with Crippen LogP contribution in [0.15, 0.2) is 0 Å². The Labute approximate surface area is 172 Å². The molecule has 2 saturated carbocycles. The van der Waals surface area contributed by atoms with Crippen molar-refractivity contribution in [3.63, 3.8) is 0 Å². The lowest BCUT2D eigenvalue weighted by atomic mass is 9.70. The average Bonchev–Trinajstić information content (AvgIpc) is 2.65. The highest BCUT2D eigenvalue weighted by molar-refractivity contribution is 5.00. The number of aliphatic hydroxyl groups is 4. The molecule has 0 saturated heterocycles. The van der Waals surface area contributed by atoms with Crippen LogP contribution in [0.5, 0.6) is 0 Å². The van der Waals surface area contributed by atoms with Crippen molar-refractivity contribution in [1.29, 1.82) is 0 Å². The van der Waals surface area contributed by atoms with Gasteiger partial charge in [0.2, 0.25) is 0 Å².